The molecule has 2 amide bonds. The number of para-hydroxylation sites is 1. The van der Waals surface area contributed by atoms with Crippen LogP contribution in [0.1, 0.15) is 15.9 Å². The summed E-state index contributed by atoms with van der Waals surface area (Å²) in [5.74, 6) is 0.381. The average Bonchev–Trinajstić information content (AvgIpc) is 3.03. The second-order valence-electron chi connectivity index (χ2n) is 5.47. The Balaban J connectivity index is 1.40. The first-order valence-electron chi connectivity index (χ1n) is 7.69. The van der Waals surface area contributed by atoms with Crippen LogP contribution in [0.4, 0.5) is 0 Å². The Hall–Kier alpha value is -2.53. The van der Waals surface area contributed by atoms with Gasteiger partial charge in [-0.3, -0.25) is 9.59 Å². The summed E-state index contributed by atoms with van der Waals surface area (Å²) in [6, 6.07) is 14.2. The molecule has 6 heteroatoms. The normalized spacial score (nSPS) is 15.3. The number of ether oxygens (including phenoxy) is 1. The van der Waals surface area contributed by atoms with E-state index in [2.05, 4.69) is 10.6 Å². The fourth-order valence-corrected chi connectivity index (χ4v) is 2.63. The first kappa shape index (κ1) is 16.3. The van der Waals surface area contributed by atoms with Gasteiger partial charge in [0, 0.05) is 30.1 Å². The van der Waals surface area contributed by atoms with E-state index in [4.69, 9.17) is 16.3 Å². The van der Waals surface area contributed by atoms with Gasteiger partial charge in [-0.05, 0) is 35.9 Å². The lowest BCUT2D eigenvalue weighted by molar-refractivity contribution is -0.127. The van der Waals surface area contributed by atoms with E-state index in [1.807, 2.05) is 24.3 Å². The molecule has 1 aliphatic heterocycles. The Morgan fingerprint density at radius 2 is 1.75 bits per heavy atom. The van der Waals surface area contributed by atoms with Crippen molar-refractivity contribution in [2.45, 2.75) is 12.5 Å². The Morgan fingerprint density at radius 1 is 1.04 bits per heavy atom. The number of hydrogen-bond acceptors (Lipinski definition) is 3. The second kappa shape index (κ2) is 7.36. The van der Waals surface area contributed by atoms with Crippen molar-refractivity contribution in [2.75, 3.05) is 13.1 Å². The highest BCUT2D eigenvalue weighted by Crippen LogP contribution is 2.27. The van der Waals surface area contributed by atoms with Crippen molar-refractivity contribution >= 4 is 23.4 Å². The Kier molecular flexibility index (Phi) is 5.01. The van der Waals surface area contributed by atoms with Gasteiger partial charge in [0.15, 0.2) is 6.10 Å². The summed E-state index contributed by atoms with van der Waals surface area (Å²) >= 11 is 5.78. The van der Waals surface area contributed by atoms with Gasteiger partial charge in [0.2, 0.25) is 0 Å². The molecule has 1 heterocycles. The second-order valence-corrected chi connectivity index (χ2v) is 5.91. The predicted octanol–water partition coefficient (Wildman–Crippen LogP) is 2.19. The molecule has 5 nitrogen and oxygen atoms in total. The van der Waals surface area contributed by atoms with Crippen molar-refractivity contribution < 1.29 is 14.3 Å². The topological polar surface area (TPSA) is 67.4 Å². The molecule has 124 valence electrons. The third-order valence-corrected chi connectivity index (χ3v) is 4.01. The number of fused-ring (bicyclic) bond motifs is 1. The summed E-state index contributed by atoms with van der Waals surface area (Å²) in [4.78, 5) is 24.0. The van der Waals surface area contributed by atoms with Crippen LogP contribution in [0.15, 0.2) is 48.5 Å². The Labute approximate surface area is 145 Å². The summed E-state index contributed by atoms with van der Waals surface area (Å²) in [5, 5.41) is 6.10. The molecule has 0 fully saturated rings. The van der Waals surface area contributed by atoms with Gasteiger partial charge in [-0.1, -0.05) is 29.8 Å². The minimum atomic E-state index is -0.505. The zero-order valence-electron chi connectivity index (χ0n) is 12.9. The molecule has 1 aliphatic rings. The summed E-state index contributed by atoms with van der Waals surface area (Å²) < 4.78 is 5.62. The van der Waals surface area contributed by atoms with E-state index in [-0.39, 0.29) is 11.8 Å². The van der Waals surface area contributed by atoms with E-state index in [1.165, 1.54) is 0 Å². The molecule has 0 bridgehead atoms. The van der Waals surface area contributed by atoms with E-state index in [0.29, 0.717) is 30.1 Å². The van der Waals surface area contributed by atoms with Crippen molar-refractivity contribution in [2.24, 2.45) is 0 Å². The molecule has 2 aromatic rings. The number of nitrogens with one attached hydrogen (secondary N) is 2. The van der Waals surface area contributed by atoms with Crippen LogP contribution in [0.5, 0.6) is 5.75 Å². The molecular formula is C18H17ClN2O3. The molecule has 24 heavy (non-hydrogen) atoms. The molecule has 0 unspecified atom stereocenters. The van der Waals surface area contributed by atoms with Crippen LogP contribution in [-0.4, -0.2) is 31.0 Å². The zero-order valence-corrected chi connectivity index (χ0v) is 13.7. The molecule has 1 atom stereocenters. The van der Waals surface area contributed by atoms with Gasteiger partial charge in [-0.25, -0.2) is 0 Å². The number of benzene rings is 2. The molecule has 3 rings (SSSR count). The van der Waals surface area contributed by atoms with Crippen molar-refractivity contribution in [1.82, 2.24) is 10.6 Å². The highest BCUT2D eigenvalue weighted by atomic mass is 35.5. The molecule has 0 spiro atoms. The van der Waals surface area contributed by atoms with Crippen molar-refractivity contribution in [1.29, 1.82) is 0 Å². The van der Waals surface area contributed by atoms with E-state index >= 15 is 0 Å². The maximum absolute atomic E-state index is 12.1. The van der Waals surface area contributed by atoms with Gasteiger partial charge in [-0.15, -0.1) is 0 Å². The maximum Gasteiger partial charge on any atom is 0.261 e. The van der Waals surface area contributed by atoms with Crippen molar-refractivity contribution in [3.05, 3.63) is 64.7 Å². The van der Waals surface area contributed by atoms with Gasteiger partial charge in [-0.2, -0.15) is 0 Å². The summed E-state index contributed by atoms with van der Waals surface area (Å²) in [7, 11) is 0. The molecule has 0 saturated heterocycles. The summed E-state index contributed by atoms with van der Waals surface area (Å²) in [6.07, 6.45) is 0.0634. The highest BCUT2D eigenvalue weighted by Gasteiger charge is 2.28. The van der Waals surface area contributed by atoms with Gasteiger partial charge < -0.3 is 15.4 Å². The van der Waals surface area contributed by atoms with Crippen LogP contribution in [0, 0.1) is 0 Å². The van der Waals surface area contributed by atoms with Crippen LogP contribution >= 0.6 is 11.6 Å². The number of rotatable bonds is 5. The third-order valence-electron chi connectivity index (χ3n) is 3.76. The third kappa shape index (κ3) is 3.86. The monoisotopic (exact) mass is 344 g/mol. The molecule has 2 N–H and O–H groups in total. The standard InChI is InChI=1S/C18H17ClN2O3/c19-14-7-5-12(6-8-14)17(22)20-9-10-21-18(23)16-11-13-3-1-2-4-15(13)24-16/h1-8,16H,9-11H2,(H,20,22)(H,21,23)/t16-/m0/s1. The molecule has 0 aromatic heterocycles. The van der Waals surface area contributed by atoms with Crippen LogP contribution in [0.3, 0.4) is 0 Å². The van der Waals surface area contributed by atoms with Gasteiger partial charge in [0.25, 0.3) is 11.8 Å². The van der Waals surface area contributed by atoms with E-state index < -0.39 is 6.10 Å². The molecule has 0 aliphatic carbocycles. The molecular weight excluding hydrogens is 328 g/mol. The van der Waals surface area contributed by atoms with Gasteiger partial charge in [0.05, 0.1) is 0 Å². The van der Waals surface area contributed by atoms with Crippen molar-refractivity contribution in [3.8, 4) is 5.75 Å². The van der Waals surface area contributed by atoms with Crippen LogP contribution in [0.25, 0.3) is 0 Å². The minimum absolute atomic E-state index is 0.174. The maximum atomic E-state index is 12.1. The fraction of sp³-hybridized carbons (Fsp3) is 0.222. The number of amides is 2. The van der Waals surface area contributed by atoms with Crippen molar-refractivity contribution in [3.63, 3.8) is 0 Å². The lowest BCUT2D eigenvalue weighted by atomic mass is 10.1. The highest BCUT2D eigenvalue weighted by molar-refractivity contribution is 6.30. The molecule has 2 aromatic carbocycles. The van der Waals surface area contributed by atoms with Crippen LogP contribution in [0.2, 0.25) is 5.02 Å². The zero-order chi connectivity index (χ0) is 16.9. The number of halogens is 1. The van der Waals surface area contributed by atoms with Crippen LogP contribution in [-0.2, 0) is 11.2 Å². The lowest BCUT2D eigenvalue weighted by Gasteiger charge is -2.12. The number of carbonyl (C=O) groups excluding carboxylic acids is 2. The average molecular weight is 345 g/mol. The first-order valence-corrected chi connectivity index (χ1v) is 8.07. The van der Waals surface area contributed by atoms with Gasteiger partial charge >= 0.3 is 0 Å². The lowest BCUT2D eigenvalue weighted by Crippen LogP contribution is -2.41. The largest absolute Gasteiger partial charge is 0.480 e. The molecule has 0 saturated carbocycles. The summed E-state index contributed by atoms with van der Waals surface area (Å²) in [5.41, 5.74) is 1.56. The van der Waals surface area contributed by atoms with E-state index in [1.54, 1.807) is 24.3 Å². The Morgan fingerprint density at radius 3 is 2.50 bits per heavy atom. The Bertz CT molecular complexity index is 721. The SMILES string of the molecule is O=C(NCCNC(=O)[C@@H]1Cc2ccccc2O1)c1ccc(Cl)cc1. The predicted molar refractivity (Wildman–Crippen MR) is 91.4 cm³/mol. The quantitative estimate of drug-likeness (QED) is 0.817. The van der Waals surface area contributed by atoms with E-state index in [9.17, 15) is 9.59 Å². The first-order chi connectivity index (χ1) is 11.6. The number of carbonyl (C=O) groups is 2. The minimum Gasteiger partial charge on any atom is -0.480 e. The number of hydrogen-bond donors (Lipinski definition) is 2. The van der Waals surface area contributed by atoms with Gasteiger partial charge in [0.1, 0.15) is 5.75 Å². The smallest absolute Gasteiger partial charge is 0.261 e. The summed E-state index contributed by atoms with van der Waals surface area (Å²) in [6.45, 7) is 0.682. The van der Waals surface area contributed by atoms with E-state index in [0.717, 1.165) is 11.3 Å². The van der Waals surface area contributed by atoms with Crippen LogP contribution < -0.4 is 15.4 Å². The molecule has 0 radical (unpaired) electrons. The fourth-order valence-electron chi connectivity index (χ4n) is 2.51.